The average molecular weight is 324 g/mol. The highest BCUT2D eigenvalue weighted by atomic mass is 32.1. The summed E-state index contributed by atoms with van der Waals surface area (Å²) in [5.41, 5.74) is 1.23. The van der Waals surface area contributed by atoms with Crippen molar-refractivity contribution in [1.29, 1.82) is 5.26 Å². The van der Waals surface area contributed by atoms with Crippen molar-refractivity contribution in [2.24, 2.45) is 0 Å². The summed E-state index contributed by atoms with van der Waals surface area (Å²) in [5, 5.41) is 23.6. The molecule has 4 nitrogen and oxygen atoms in total. The molecule has 1 unspecified atom stereocenters. The molecule has 0 spiro atoms. The van der Waals surface area contributed by atoms with E-state index in [4.69, 9.17) is 5.26 Å². The Kier molecular flexibility index (Phi) is 5.83. The SMILES string of the molecule is N#Cc1csc(CNCC(O)c2ccc(OC(F)F)cc2)c1. The van der Waals surface area contributed by atoms with Crippen LogP contribution < -0.4 is 10.1 Å². The van der Waals surface area contributed by atoms with Crippen molar-refractivity contribution in [3.63, 3.8) is 0 Å². The highest BCUT2D eigenvalue weighted by Crippen LogP contribution is 2.19. The number of benzene rings is 1. The summed E-state index contributed by atoms with van der Waals surface area (Å²) in [7, 11) is 0. The van der Waals surface area contributed by atoms with Gasteiger partial charge in [-0.2, -0.15) is 14.0 Å². The summed E-state index contributed by atoms with van der Waals surface area (Å²) in [4.78, 5) is 1.00. The van der Waals surface area contributed by atoms with Gasteiger partial charge in [0.2, 0.25) is 0 Å². The van der Waals surface area contributed by atoms with Crippen LogP contribution in [0, 0.1) is 11.3 Å². The van der Waals surface area contributed by atoms with Gasteiger partial charge < -0.3 is 15.2 Å². The fourth-order valence-corrected chi connectivity index (χ4v) is 2.63. The molecular formula is C15H14F2N2O2S. The number of rotatable bonds is 7. The second-order valence-electron chi connectivity index (χ2n) is 4.51. The number of thiophene rings is 1. The molecule has 0 saturated carbocycles. The molecule has 1 heterocycles. The lowest BCUT2D eigenvalue weighted by atomic mass is 10.1. The molecule has 0 aliphatic heterocycles. The zero-order chi connectivity index (χ0) is 15.9. The van der Waals surface area contributed by atoms with Gasteiger partial charge in [0.05, 0.1) is 11.7 Å². The van der Waals surface area contributed by atoms with Crippen molar-refractivity contribution < 1.29 is 18.6 Å². The minimum Gasteiger partial charge on any atom is -0.435 e. The van der Waals surface area contributed by atoms with Crippen molar-refractivity contribution in [2.45, 2.75) is 19.3 Å². The monoisotopic (exact) mass is 324 g/mol. The Labute approximate surface area is 130 Å². The lowest BCUT2D eigenvalue weighted by Gasteiger charge is -2.12. The largest absolute Gasteiger partial charge is 0.435 e. The molecule has 0 fully saturated rings. The van der Waals surface area contributed by atoms with Gasteiger partial charge in [0.15, 0.2) is 0 Å². The zero-order valence-corrected chi connectivity index (χ0v) is 12.3. The standard InChI is InChI=1S/C15H14F2N2O2S/c16-15(17)21-12-3-1-11(2-4-12)14(20)8-19-7-13-5-10(6-18)9-22-13/h1-5,9,14-15,19-20H,7-8H2. The quantitative estimate of drug-likeness (QED) is 0.821. The summed E-state index contributed by atoms with van der Waals surface area (Å²) >= 11 is 1.48. The Balaban J connectivity index is 1.81. The third kappa shape index (κ3) is 4.77. The first-order valence-electron chi connectivity index (χ1n) is 6.49. The van der Waals surface area contributed by atoms with Gasteiger partial charge in [-0.1, -0.05) is 12.1 Å². The lowest BCUT2D eigenvalue weighted by molar-refractivity contribution is -0.0498. The number of nitriles is 1. The Morgan fingerprint density at radius 2 is 2.05 bits per heavy atom. The Hall–Kier alpha value is -2.01. The van der Waals surface area contributed by atoms with Gasteiger partial charge in [0.25, 0.3) is 0 Å². The fourth-order valence-electron chi connectivity index (χ4n) is 1.85. The van der Waals surface area contributed by atoms with E-state index in [2.05, 4.69) is 16.1 Å². The Bertz CT molecular complexity index is 638. The molecule has 0 aliphatic carbocycles. The van der Waals surface area contributed by atoms with Crippen molar-refractivity contribution in [1.82, 2.24) is 5.32 Å². The maximum Gasteiger partial charge on any atom is 0.387 e. The Morgan fingerprint density at radius 1 is 1.32 bits per heavy atom. The second-order valence-corrected chi connectivity index (χ2v) is 5.50. The van der Waals surface area contributed by atoms with Crippen LogP contribution in [0.4, 0.5) is 8.78 Å². The minimum atomic E-state index is -2.86. The maximum absolute atomic E-state index is 12.0. The van der Waals surface area contributed by atoms with Crippen molar-refractivity contribution in [3.8, 4) is 11.8 Å². The van der Waals surface area contributed by atoms with E-state index in [1.807, 2.05) is 0 Å². The molecule has 2 N–H and O–H groups in total. The van der Waals surface area contributed by atoms with Gasteiger partial charge in [-0.05, 0) is 23.8 Å². The van der Waals surface area contributed by atoms with Crippen LogP contribution in [0.5, 0.6) is 5.75 Å². The van der Waals surface area contributed by atoms with Gasteiger partial charge in [-0.3, -0.25) is 0 Å². The van der Waals surface area contributed by atoms with Crippen LogP contribution in [0.25, 0.3) is 0 Å². The number of hydrogen-bond donors (Lipinski definition) is 2. The van der Waals surface area contributed by atoms with Crippen LogP contribution in [-0.2, 0) is 6.54 Å². The third-order valence-corrected chi connectivity index (χ3v) is 3.85. The van der Waals surface area contributed by atoms with Gasteiger partial charge in [-0.25, -0.2) is 0 Å². The van der Waals surface area contributed by atoms with Gasteiger partial charge >= 0.3 is 6.61 Å². The predicted octanol–water partition coefficient (Wildman–Crippen LogP) is 3.04. The average Bonchev–Trinajstić information content (AvgIpc) is 2.95. The molecule has 0 saturated heterocycles. The molecule has 2 rings (SSSR count). The van der Waals surface area contributed by atoms with E-state index in [9.17, 15) is 13.9 Å². The van der Waals surface area contributed by atoms with Crippen LogP contribution in [0.1, 0.15) is 22.1 Å². The number of hydrogen-bond acceptors (Lipinski definition) is 5. The number of aliphatic hydroxyl groups is 1. The molecule has 22 heavy (non-hydrogen) atoms. The molecule has 1 aromatic heterocycles. The molecule has 0 amide bonds. The summed E-state index contributed by atoms with van der Waals surface area (Å²) in [5.74, 6) is 0.0570. The maximum atomic E-state index is 12.0. The Morgan fingerprint density at radius 3 is 2.64 bits per heavy atom. The normalized spacial score (nSPS) is 12.1. The van der Waals surface area contributed by atoms with Crippen LogP contribution in [0.3, 0.4) is 0 Å². The molecule has 0 bridgehead atoms. The summed E-state index contributed by atoms with van der Waals surface area (Å²) in [6.07, 6.45) is -0.754. The zero-order valence-electron chi connectivity index (χ0n) is 11.5. The van der Waals surface area contributed by atoms with E-state index in [0.717, 1.165) is 4.88 Å². The lowest BCUT2D eigenvalue weighted by Crippen LogP contribution is -2.20. The highest BCUT2D eigenvalue weighted by molar-refractivity contribution is 7.10. The first kappa shape index (κ1) is 16.4. The van der Waals surface area contributed by atoms with Gasteiger partial charge in [-0.15, -0.1) is 11.3 Å². The van der Waals surface area contributed by atoms with Crippen LogP contribution in [0.2, 0.25) is 0 Å². The van der Waals surface area contributed by atoms with Gasteiger partial charge in [0.1, 0.15) is 11.8 Å². The minimum absolute atomic E-state index is 0.0570. The third-order valence-electron chi connectivity index (χ3n) is 2.91. The van der Waals surface area contributed by atoms with E-state index >= 15 is 0 Å². The molecule has 0 aliphatic rings. The van der Waals surface area contributed by atoms with Crippen molar-refractivity contribution in [3.05, 3.63) is 51.7 Å². The van der Waals surface area contributed by atoms with E-state index < -0.39 is 12.7 Å². The molecule has 1 atom stereocenters. The summed E-state index contributed by atoms with van der Waals surface area (Å²) in [6.45, 7) is -1.99. The smallest absolute Gasteiger partial charge is 0.387 e. The second kappa shape index (κ2) is 7.84. The number of alkyl halides is 2. The van der Waals surface area contributed by atoms with E-state index in [-0.39, 0.29) is 5.75 Å². The van der Waals surface area contributed by atoms with Crippen molar-refractivity contribution >= 4 is 11.3 Å². The van der Waals surface area contributed by atoms with Crippen molar-refractivity contribution in [2.75, 3.05) is 6.54 Å². The van der Waals surface area contributed by atoms with E-state index in [0.29, 0.717) is 24.2 Å². The van der Waals surface area contributed by atoms with Crippen LogP contribution in [0.15, 0.2) is 35.7 Å². The molecular weight excluding hydrogens is 310 g/mol. The predicted molar refractivity (Wildman–Crippen MR) is 78.8 cm³/mol. The summed E-state index contributed by atoms with van der Waals surface area (Å²) < 4.78 is 28.3. The number of nitrogens with zero attached hydrogens (tertiary/aromatic N) is 1. The summed E-state index contributed by atoms with van der Waals surface area (Å²) in [6, 6.07) is 9.72. The first-order chi connectivity index (χ1) is 10.6. The van der Waals surface area contributed by atoms with Gasteiger partial charge in [0, 0.05) is 23.3 Å². The number of ether oxygens (including phenoxy) is 1. The van der Waals surface area contributed by atoms with E-state index in [1.165, 1.54) is 23.5 Å². The van der Waals surface area contributed by atoms with Crippen LogP contribution in [-0.4, -0.2) is 18.3 Å². The molecule has 7 heteroatoms. The molecule has 2 aromatic rings. The number of halogens is 2. The highest BCUT2D eigenvalue weighted by Gasteiger charge is 2.09. The number of nitrogens with one attached hydrogen (secondary N) is 1. The molecule has 0 radical (unpaired) electrons. The molecule has 116 valence electrons. The topological polar surface area (TPSA) is 65.3 Å². The van der Waals surface area contributed by atoms with E-state index in [1.54, 1.807) is 23.6 Å². The first-order valence-corrected chi connectivity index (χ1v) is 7.37. The molecule has 1 aromatic carbocycles. The number of aliphatic hydroxyl groups excluding tert-OH is 1. The fraction of sp³-hybridized carbons (Fsp3) is 0.267. The van der Waals surface area contributed by atoms with Crippen LogP contribution >= 0.6 is 11.3 Å².